The van der Waals surface area contributed by atoms with Crippen LogP contribution in [-0.4, -0.2) is 26.3 Å². The molecule has 0 amide bonds. The van der Waals surface area contributed by atoms with Crippen molar-refractivity contribution in [3.63, 3.8) is 0 Å². The van der Waals surface area contributed by atoms with Crippen LogP contribution < -0.4 is 5.32 Å². The van der Waals surface area contributed by atoms with E-state index in [1.165, 1.54) is 0 Å². The van der Waals surface area contributed by atoms with Gasteiger partial charge >= 0.3 is 0 Å². The van der Waals surface area contributed by atoms with E-state index < -0.39 is 0 Å². The number of aryl methyl sites for hydroxylation is 2. The smallest absolute Gasteiger partial charge is 0.168 e. The Morgan fingerprint density at radius 2 is 1.87 bits per heavy atom. The summed E-state index contributed by atoms with van der Waals surface area (Å²) in [6, 6.07) is 10.1. The molecule has 0 spiro atoms. The molecule has 3 rings (SSSR count). The second-order valence-electron chi connectivity index (χ2n) is 6.15. The first-order valence-electron chi connectivity index (χ1n) is 8.15. The Morgan fingerprint density at radius 1 is 1.13 bits per heavy atom. The van der Waals surface area contributed by atoms with Gasteiger partial charge in [0.1, 0.15) is 11.6 Å². The first-order valence-corrected chi connectivity index (χ1v) is 8.15. The maximum absolute atomic E-state index is 4.73. The van der Waals surface area contributed by atoms with Crippen molar-refractivity contribution in [3.05, 3.63) is 41.9 Å². The first kappa shape index (κ1) is 15.5. The minimum absolute atomic E-state index is 0.551. The highest BCUT2D eigenvalue weighted by Gasteiger charge is 2.17. The number of nitrogens with one attached hydrogen (secondary N) is 1. The van der Waals surface area contributed by atoms with Crippen molar-refractivity contribution in [2.45, 2.75) is 34.1 Å². The molecule has 0 aliphatic heterocycles. The highest BCUT2D eigenvalue weighted by atomic mass is 15.3. The second kappa shape index (κ2) is 6.36. The minimum Gasteiger partial charge on any atom is -0.369 e. The zero-order chi connectivity index (χ0) is 16.4. The van der Waals surface area contributed by atoms with Crippen molar-refractivity contribution in [2.75, 3.05) is 11.9 Å². The van der Waals surface area contributed by atoms with E-state index in [-0.39, 0.29) is 0 Å². The largest absolute Gasteiger partial charge is 0.369 e. The summed E-state index contributed by atoms with van der Waals surface area (Å²) in [5, 5.41) is 9.17. The Bertz CT molecular complexity index is 805. The number of aromatic nitrogens is 4. The van der Waals surface area contributed by atoms with E-state index in [1.54, 1.807) is 0 Å². The van der Waals surface area contributed by atoms with Crippen LogP contribution >= 0.6 is 0 Å². The number of para-hydroxylation sites is 1. The lowest BCUT2D eigenvalue weighted by atomic mass is 10.2. The molecule has 2 aromatic heterocycles. The van der Waals surface area contributed by atoms with Gasteiger partial charge in [-0.25, -0.2) is 14.6 Å². The molecule has 23 heavy (non-hydrogen) atoms. The zero-order valence-corrected chi connectivity index (χ0v) is 14.2. The summed E-state index contributed by atoms with van der Waals surface area (Å²) in [7, 11) is 0. The summed E-state index contributed by atoms with van der Waals surface area (Å²) in [5.74, 6) is 2.27. The predicted molar refractivity (Wildman–Crippen MR) is 94.1 cm³/mol. The fourth-order valence-corrected chi connectivity index (χ4v) is 2.56. The summed E-state index contributed by atoms with van der Waals surface area (Å²) in [6.45, 7) is 9.34. The van der Waals surface area contributed by atoms with Crippen molar-refractivity contribution < 1.29 is 0 Å². The molecule has 0 saturated heterocycles. The van der Waals surface area contributed by atoms with Gasteiger partial charge in [-0.2, -0.15) is 5.10 Å². The van der Waals surface area contributed by atoms with Crippen LogP contribution in [0.1, 0.15) is 32.3 Å². The molecular formula is C18H23N5. The van der Waals surface area contributed by atoms with Crippen LogP contribution in [0.15, 0.2) is 30.3 Å². The van der Waals surface area contributed by atoms with Crippen LogP contribution in [0.2, 0.25) is 0 Å². The number of anilines is 1. The van der Waals surface area contributed by atoms with E-state index in [1.807, 2.05) is 41.9 Å². The van der Waals surface area contributed by atoms with E-state index in [9.17, 15) is 0 Å². The lowest BCUT2D eigenvalue weighted by Crippen LogP contribution is -2.11. The van der Waals surface area contributed by atoms with Crippen molar-refractivity contribution in [1.82, 2.24) is 19.7 Å². The minimum atomic E-state index is 0.551. The van der Waals surface area contributed by atoms with Gasteiger partial charge in [-0.05, 0) is 25.0 Å². The lowest BCUT2D eigenvalue weighted by molar-refractivity contribution is 0.687. The van der Waals surface area contributed by atoms with Gasteiger partial charge in [-0.15, -0.1) is 0 Å². The Morgan fingerprint density at radius 3 is 2.52 bits per heavy atom. The lowest BCUT2D eigenvalue weighted by Gasteiger charge is -2.11. The van der Waals surface area contributed by atoms with Gasteiger partial charge in [0, 0.05) is 13.0 Å². The maximum atomic E-state index is 4.73. The molecule has 2 heterocycles. The fraction of sp³-hybridized carbons (Fsp3) is 0.389. The van der Waals surface area contributed by atoms with Gasteiger partial charge < -0.3 is 5.32 Å². The van der Waals surface area contributed by atoms with Crippen molar-refractivity contribution >= 4 is 16.9 Å². The molecule has 5 heteroatoms. The number of rotatable bonds is 5. The molecule has 1 N–H and O–H groups in total. The Balaban J connectivity index is 2.19. The van der Waals surface area contributed by atoms with Crippen LogP contribution in [0.4, 0.5) is 5.82 Å². The summed E-state index contributed by atoms with van der Waals surface area (Å²) < 4.78 is 1.91. The molecule has 0 bridgehead atoms. The van der Waals surface area contributed by atoms with Crippen LogP contribution in [0, 0.1) is 12.8 Å². The van der Waals surface area contributed by atoms with E-state index in [4.69, 9.17) is 10.1 Å². The normalized spacial score (nSPS) is 11.3. The van der Waals surface area contributed by atoms with Crippen LogP contribution in [0.3, 0.4) is 0 Å². The summed E-state index contributed by atoms with van der Waals surface area (Å²) >= 11 is 0. The summed E-state index contributed by atoms with van der Waals surface area (Å²) in [5.41, 5.74) is 2.82. The standard InChI is InChI=1S/C18H23N5/c1-5-15-20-17(19-11-12(2)3)16-13(4)22-23(18(16)21-15)14-9-7-6-8-10-14/h6-10,12H,5,11H2,1-4H3,(H,19,20,21). The average Bonchev–Trinajstić information content (AvgIpc) is 2.90. The Kier molecular flexibility index (Phi) is 4.28. The molecule has 0 radical (unpaired) electrons. The van der Waals surface area contributed by atoms with Crippen LogP contribution in [0.25, 0.3) is 16.7 Å². The number of hydrogen-bond donors (Lipinski definition) is 1. The molecule has 5 nitrogen and oxygen atoms in total. The first-order chi connectivity index (χ1) is 11.1. The zero-order valence-electron chi connectivity index (χ0n) is 14.2. The van der Waals surface area contributed by atoms with Gasteiger partial charge in [0.2, 0.25) is 0 Å². The third-order valence-electron chi connectivity index (χ3n) is 3.74. The van der Waals surface area contributed by atoms with Gasteiger partial charge in [0.05, 0.1) is 16.8 Å². The van der Waals surface area contributed by atoms with E-state index >= 15 is 0 Å². The second-order valence-corrected chi connectivity index (χ2v) is 6.15. The van der Waals surface area contributed by atoms with Crippen molar-refractivity contribution in [1.29, 1.82) is 0 Å². The van der Waals surface area contributed by atoms with Crippen LogP contribution in [-0.2, 0) is 6.42 Å². The molecule has 0 saturated carbocycles. The molecule has 0 aliphatic rings. The number of hydrogen-bond acceptors (Lipinski definition) is 4. The molecule has 1 aromatic carbocycles. The van der Waals surface area contributed by atoms with Gasteiger partial charge in [-0.3, -0.25) is 0 Å². The van der Waals surface area contributed by atoms with E-state index in [0.29, 0.717) is 5.92 Å². The number of fused-ring (bicyclic) bond motifs is 1. The van der Waals surface area contributed by atoms with E-state index in [0.717, 1.165) is 47.0 Å². The third kappa shape index (κ3) is 3.04. The van der Waals surface area contributed by atoms with Gasteiger partial charge in [0.25, 0.3) is 0 Å². The molecule has 0 fully saturated rings. The SMILES string of the molecule is CCc1nc(NCC(C)C)c2c(C)nn(-c3ccccc3)c2n1. The average molecular weight is 309 g/mol. The summed E-state index contributed by atoms with van der Waals surface area (Å²) in [6.07, 6.45) is 0.797. The van der Waals surface area contributed by atoms with Crippen molar-refractivity contribution in [2.24, 2.45) is 5.92 Å². The fourth-order valence-electron chi connectivity index (χ4n) is 2.56. The molecule has 0 unspecified atom stereocenters. The van der Waals surface area contributed by atoms with Crippen LogP contribution in [0.5, 0.6) is 0 Å². The monoisotopic (exact) mass is 309 g/mol. The quantitative estimate of drug-likeness (QED) is 0.780. The van der Waals surface area contributed by atoms with Gasteiger partial charge in [0.15, 0.2) is 5.65 Å². The molecule has 0 atom stereocenters. The third-order valence-corrected chi connectivity index (χ3v) is 3.74. The molecular weight excluding hydrogens is 286 g/mol. The molecule has 120 valence electrons. The highest BCUT2D eigenvalue weighted by Crippen LogP contribution is 2.26. The number of benzene rings is 1. The van der Waals surface area contributed by atoms with E-state index in [2.05, 4.69) is 31.1 Å². The Hall–Kier alpha value is -2.43. The highest BCUT2D eigenvalue weighted by molar-refractivity contribution is 5.90. The van der Waals surface area contributed by atoms with Crippen molar-refractivity contribution in [3.8, 4) is 5.69 Å². The number of nitrogens with zero attached hydrogens (tertiary/aromatic N) is 4. The Labute approximate surface area is 136 Å². The molecule has 0 aliphatic carbocycles. The summed E-state index contributed by atoms with van der Waals surface area (Å²) in [4.78, 5) is 9.41. The van der Waals surface area contributed by atoms with Gasteiger partial charge in [-0.1, -0.05) is 39.0 Å². The predicted octanol–water partition coefficient (Wildman–Crippen LogP) is 3.75. The topological polar surface area (TPSA) is 55.6 Å². The maximum Gasteiger partial charge on any atom is 0.168 e. The molecule has 3 aromatic rings.